The second kappa shape index (κ2) is 12.5. The number of fused-ring (bicyclic) bond motifs is 4. The quantitative estimate of drug-likeness (QED) is 0.168. The highest BCUT2D eigenvalue weighted by atomic mass is 32.2. The molecule has 0 spiro atoms. The molecule has 7 rings (SSSR count). The largest absolute Gasteiger partial charge is 0.481 e. The van der Waals surface area contributed by atoms with Crippen LogP contribution in [0.4, 0.5) is 5.69 Å². The number of aryl methyl sites for hydroxylation is 1. The smallest absolute Gasteiger partial charge is 0.303 e. The van der Waals surface area contributed by atoms with Crippen LogP contribution in [0.3, 0.4) is 0 Å². The molecule has 3 aromatic carbocycles. The SMILES string of the molecule is CC1(C)c2cc3c(cc2C=c2cc4c5c(c21)CCC[N+]=5CCC4)C(NCCCCCC(=O)O)CCN3Cc1ccccc1S(=O)(=O)O. The molecule has 1 aliphatic carbocycles. The Hall–Kier alpha value is -3.53. The maximum absolute atomic E-state index is 12.3. The standard InChI is InChI=1S/C38H45N3O5S/c1-38(2)31-23-33-30(22-27(31)21-28-20-25-11-8-17-40-18-9-12-29(36(28)38)37(25)40)32(39-16-7-3-4-14-35(42)43)15-19-41(33)24-26-10-5-6-13-34(26)47(44,45)46/h5-6,10,13,20-23,32,39H,3-4,7-9,11-12,14-19,24H2,1-2H3,(H-,42,43,44,45,46)/p+1. The van der Waals surface area contributed by atoms with E-state index >= 15 is 0 Å². The van der Waals surface area contributed by atoms with Crippen molar-refractivity contribution in [1.82, 2.24) is 9.89 Å². The number of hydrogen-bond acceptors (Lipinski definition) is 5. The first-order chi connectivity index (χ1) is 22.5. The molecule has 0 fully saturated rings. The van der Waals surface area contributed by atoms with Crippen molar-refractivity contribution in [3.05, 3.63) is 92.0 Å². The minimum Gasteiger partial charge on any atom is -0.481 e. The van der Waals surface area contributed by atoms with Crippen molar-refractivity contribution in [3.63, 3.8) is 0 Å². The van der Waals surface area contributed by atoms with Crippen molar-refractivity contribution in [1.29, 1.82) is 0 Å². The number of carbonyl (C=O) groups is 1. The van der Waals surface area contributed by atoms with Gasteiger partial charge in [-0.05, 0) is 102 Å². The summed E-state index contributed by atoms with van der Waals surface area (Å²) in [7, 11) is -4.36. The molecule has 8 nitrogen and oxygen atoms in total. The van der Waals surface area contributed by atoms with Gasteiger partial charge in [-0.3, -0.25) is 9.35 Å². The number of anilines is 1. The summed E-state index contributed by atoms with van der Waals surface area (Å²) in [4.78, 5) is 13.2. The molecule has 0 bridgehead atoms. The van der Waals surface area contributed by atoms with Crippen molar-refractivity contribution in [2.75, 3.05) is 31.1 Å². The molecule has 1 unspecified atom stereocenters. The zero-order valence-corrected chi connectivity index (χ0v) is 28.3. The average molecular weight is 657 g/mol. The average Bonchev–Trinajstić information content (AvgIpc) is 3.02. The fourth-order valence-electron chi connectivity index (χ4n) is 8.76. The van der Waals surface area contributed by atoms with Gasteiger partial charge in [0.15, 0.2) is 0 Å². The molecule has 0 radical (unpaired) electrons. The highest BCUT2D eigenvalue weighted by Gasteiger charge is 2.38. The van der Waals surface area contributed by atoms with Crippen LogP contribution in [0, 0.1) is 0 Å². The number of carboxylic acid groups (broad SMARTS) is 1. The lowest BCUT2D eigenvalue weighted by atomic mass is 9.68. The summed E-state index contributed by atoms with van der Waals surface area (Å²) >= 11 is 0. The molecule has 248 valence electrons. The van der Waals surface area contributed by atoms with Gasteiger partial charge in [-0.1, -0.05) is 38.5 Å². The van der Waals surface area contributed by atoms with Gasteiger partial charge in [0.25, 0.3) is 10.1 Å². The Morgan fingerprint density at radius 3 is 2.64 bits per heavy atom. The van der Waals surface area contributed by atoms with Crippen molar-refractivity contribution >= 4 is 27.9 Å². The van der Waals surface area contributed by atoms with Crippen molar-refractivity contribution < 1.29 is 22.9 Å². The van der Waals surface area contributed by atoms with E-state index in [1.165, 1.54) is 62.9 Å². The summed E-state index contributed by atoms with van der Waals surface area (Å²) < 4.78 is 37.2. The Morgan fingerprint density at radius 2 is 1.85 bits per heavy atom. The fourth-order valence-corrected chi connectivity index (χ4v) is 9.47. The first kappa shape index (κ1) is 32.0. The number of unbranched alkanes of at least 4 members (excludes halogenated alkanes) is 2. The molecular formula is C38H46N3O5S+. The molecular weight excluding hydrogens is 611 g/mol. The fraction of sp³-hybridized carbons (Fsp3) is 0.474. The number of nitrogens with one attached hydrogen (secondary N) is 1. The maximum atomic E-state index is 12.3. The molecule has 3 N–H and O–H groups in total. The summed E-state index contributed by atoms with van der Waals surface area (Å²) in [5.74, 6) is -0.748. The highest BCUT2D eigenvalue weighted by Crippen LogP contribution is 2.44. The monoisotopic (exact) mass is 656 g/mol. The molecule has 9 heteroatoms. The summed E-state index contributed by atoms with van der Waals surface area (Å²) in [6.07, 6.45) is 10.5. The number of carboxylic acids is 1. The summed E-state index contributed by atoms with van der Waals surface area (Å²) in [6.45, 7) is 8.91. The third-order valence-corrected chi connectivity index (χ3v) is 11.8. The second-order valence-corrected chi connectivity index (χ2v) is 15.7. The van der Waals surface area contributed by atoms with E-state index in [1.807, 2.05) is 6.07 Å². The van der Waals surface area contributed by atoms with Gasteiger partial charge in [-0.15, -0.1) is 0 Å². The lowest BCUT2D eigenvalue weighted by Gasteiger charge is -2.40. The van der Waals surface area contributed by atoms with Crippen LogP contribution in [-0.2, 0) is 39.7 Å². The van der Waals surface area contributed by atoms with Crippen LogP contribution in [0.15, 0.2) is 47.4 Å². The van der Waals surface area contributed by atoms with Gasteiger partial charge < -0.3 is 15.3 Å². The van der Waals surface area contributed by atoms with E-state index in [0.29, 0.717) is 18.5 Å². The summed E-state index contributed by atoms with van der Waals surface area (Å²) in [6, 6.07) is 14.0. The Morgan fingerprint density at radius 1 is 1.06 bits per heavy atom. The van der Waals surface area contributed by atoms with Gasteiger partial charge >= 0.3 is 5.97 Å². The lowest BCUT2D eigenvalue weighted by molar-refractivity contribution is -0.137. The van der Waals surface area contributed by atoms with E-state index < -0.39 is 16.1 Å². The van der Waals surface area contributed by atoms with Gasteiger partial charge in [0.2, 0.25) is 5.36 Å². The van der Waals surface area contributed by atoms with Gasteiger partial charge in [0.1, 0.15) is 13.1 Å². The van der Waals surface area contributed by atoms with Crippen LogP contribution in [0.5, 0.6) is 0 Å². The van der Waals surface area contributed by atoms with Crippen LogP contribution in [0.25, 0.3) is 6.08 Å². The predicted octanol–water partition coefficient (Wildman–Crippen LogP) is 4.47. The van der Waals surface area contributed by atoms with Gasteiger partial charge in [-0.25, -0.2) is 4.58 Å². The van der Waals surface area contributed by atoms with Gasteiger partial charge in [0.05, 0.1) is 4.90 Å². The normalized spacial score (nSPS) is 19.3. The minimum absolute atomic E-state index is 0.0443. The number of benzene rings is 3. The first-order valence-corrected chi connectivity index (χ1v) is 18.7. The highest BCUT2D eigenvalue weighted by molar-refractivity contribution is 7.85. The molecule has 0 amide bonds. The maximum Gasteiger partial charge on any atom is 0.303 e. The molecule has 47 heavy (non-hydrogen) atoms. The zero-order chi connectivity index (χ0) is 32.9. The van der Waals surface area contributed by atoms with Crippen LogP contribution in [0.1, 0.15) is 104 Å². The molecule has 3 aliphatic heterocycles. The molecule has 0 saturated heterocycles. The third-order valence-electron chi connectivity index (χ3n) is 10.8. The molecule has 3 aromatic rings. The molecule has 1 atom stereocenters. The van der Waals surface area contributed by atoms with E-state index in [9.17, 15) is 17.8 Å². The molecule has 0 saturated carbocycles. The van der Waals surface area contributed by atoms with Crippen molar-refractivity contribution in [2.45, 2.75) is 94.5 Å². The van der Waals surface area contributed by atoms with Crippen LogP contribution >= 0.6 is 0 Å². The Labute approximate surface area is 277 Å². The van der Waals surface area contributed by atoms with E-state index in [4.69, 9.17) is 5.11 Å². The summed E-state index contributed by atoms with van der Waals surface area (Å²) in [5.41, 5.74) is 9.65. The Balaban J connectivity index is 1.31. The number of rotatable bonds is 10. The van der Waals surface area contributed by atoms with E-state index in [1.54, 1.807) is 12.1 Å². The van der Waals surface area contributed by atoms with Crippen LogP contribution in [0.2, 0.25) is 0 Å². The summed E-state index contributed by atoms with van der Waals surface area (Å²) in [5, 5.41) is 15.6. The molecule has 0 aromatic heterocycles. The van der Waals surface area contributed by atoms with Gasteiger partial charge in [-0.2, -0.15) is 8.42 Å². The van der Waals surface area contributed by atoms with E-state index in [0.717, 1.165) is 64.0 Å². The van der Waals surface area contributed by atoms with Crippen molar-refractivity contribution in [2.24, 2.45) is 0 Å². The number of aliphatic carboxylic acids is 1. The Kier molecular flexibility index (Phi) is 8.51. The van der Waals surface area contributed by atoms with E-state index in [-0.39, 0.29) is 22.8 Å². The van der Waals surface area contributed by atoms with Gasteiger partial charge in [0, 0.05) is 60.6 Å². The molecule has 3 heterocycles. The zero-order valence-electron chi connectivity index (χ0n) is 27.5. The predicted molar refractivity (Wildman–Crippen MR) is 184 cm³/mol. The minimum atomic E-state index is -4.36. The second-order valence-electron chi connectivity index (χ2n) is 14.3. The third kappa shape index (κ3) is 6.02. The topological polar surface area (TPSA) is 110 Å². The Bertz CT molecular complexity index is 1980. The number of nitrogens with zero attached hydrogens (tertiary/aromatic N) is 2. The first-order valence-electron chi connectivity index (χ1n) is 17.3. The van der Waals surface area contributed by atoms with Crippen LogP contribution in [-0.4, -0.2) is 50.2 Å². The van der Waals surface area contributed by atoms with E-state index in [2.05, 4.69) is 52.9 Å². The van der Waals surface area contributed by atoms with Crippen LogP contribution < -0.4 is 25.4 Å². The lowest BCUT2D eigenvalue weighted by Crippen LogP contribution is -2.48. The molecule has 4 aliphatic rings. The van der Waals surface area contributed by atoms with Crippen molar-refractivity contribution in [3.8, 4) is 0 Å². The number of hydrogen-bond donors (Lipinski definition) is 3.